The van der Waals surface area contributed by atoms with E-state index in [0.717, 1.165) is 0 Å². The van der Waals surface area contributed by atoms with E-state index in [-0.39, 0.29) is 12.5 Å². The lowest BCUT2D eigenvalue weighted by Gasteiger charge is -2.10. The lowest BCUT2D eigenvalue weighted by molar-refractivity contribution is -0.129. The molecule has 0 fully saturated rings. The van der Waals surface area contributed by atoms with Crippen LogP contribution in [0.25, 0.3) is 0 Å². The summed E-state index contributed by atoms with van der Waals surface area (Å²) >= 11 is 0. The molecular formula is C20H21N5O3. The highest BCUT2D eigenvalue weighted by Gasteiger charge is 2.09. The molecule has 0 bridgehead atoms. The number of carbonyl (C=O) groups excluding carboxylic acids is 2. The van der Waals surface area contributed by atoms with Gasteiger partial charge in [-0.2, -0.15) is 5.10 Å². The van der Waals surface area contributed by atoms with E-state index in [1.165, 1.54) is 15.8 Å². The average Bonchev–Trinajstić information content (AvgIpc) is 3.09. The fraction of sp³-hybridized carbons (Fsp3) is 0.150. The van der Waals surface area contributed by atoms with Crippen LogP contribution in [-0.2, 0) is 11.3 Å². The van der Waals surface area contributed by atoms with Gasteiger partial charge in [0.2, 0.25) is 5.91 Å². The summed E-state index contributed by atoms with van der Waals surface area (Å²) in [5.74, 6) is 1.23. The van der Waals surface area contributed by atoms with Gasteiger partial charge < -0.3 is 20.3 Å². The van der Waals surface area contributed by atoms with Crippen LogP contribution in [0, 0.1) is 0 Å². The minimum Gasteiger partial charge on any atom is -0.457 e. The third-order valence-corrected chi connectivity index (χ3v) is 3.76. The summed E-state index contributed by atoms with van der Waals surface area (Å²) < 4.78 is 7.22. The van der Waals surface area contributed by atoms with Gasteiger partial charge in [0.25, 0.3) is 0 Å². The molecular weight excluding hydrogens is 358 g/mol. The number of anilines is 2. The zero-order valence-corrected chi connectivity index (χ0v) is 15.6. The fourth-order valence-corrected chi connectivity index (χ4v) is 2.35. The summed E-state index contributed by atoms with van der Waals surface area (Å²) in [5.41, 5.74) is 1.07. The van der Waals surface area contributed by atoms with Gasteiger partial charge in [-0.05, 0) is 24.3 Å². The third-order valence-electron chi connectivity index (χ3n) is 3.76. The molecule has 144 valence electrons. The van der Waals surface area contributed by atoms with Gasteiger partial charge >= 0.3 is 6.03 Å². The molecule has 0 aliphatic rings. The molecule has 0 aliphatic heterocycles. The monoisotopic (exact) mass is 379 g/mol. The minimum absolute atomic E-state index is 0.0886. The van der Waals surface area contributed by atoms with Crippen molar-refractivity contribution in [1.82, 2.24) is 14.7 Å². The molecule has 8 heteroatoms. The minimum atomic E-state index is -0.421. The van der Waals surface area contributed by atoms with Crippen LogP contribution in [0.4, 0.5) is 16.2 Å². The first-order chi connectivity index (χ1) is 13.5. The lowest BCUT2D eigenvalue weighted by atomic mass is 10.3. The van der Waals surface area contributed by atoms with E-state index in [1.54, 1.807) is 38.5 Å². The molecule has 3 amide bonds. The van der Waals surface area contributed by atoms with Gasteiger partial charge in [-0.3, -0.25) is 9.48 Å². The first kappa shape index (κ1) is 19.0. The van der Waals surface area contributed by atoms with Crippen LogP contribution >= 0.6 is 0 Å². The van der Waals surface area contributed by atoms with Gasteiger partial charge in [-0.1, -0.05) is 24.3 Å². The van der Waals surface area contributed by atoms with Crippen molar-refractivity contribution in [2.75, 3.05) is 24.7 Å². The summed E-state index contributed by atoms with van der Waals surface area (Å²) in [6.07, 6.45) is 3.08. The lowest BCUT2D eigenvalue weighted by Crippen LogP contribution is -2.26. The molecule has 1 heterocycles. The summed E-state index contributed by atoms with van der Waals surface area (Å²) in [5, 5.41) is 9.49. The molecule has 0 unspecified atom stereocenters. The molecule has 0 spiro atoms. The SMILES string of the molecule is CN(C)C(=O)Cn1cc(NC(=O)Nc2cccc(Oc3ccccc3)c2)cn1. The highest BCUT2D eigenvalue weighted by Crippen LogP contribution is 2.23. The summed E-state index contributed by atoms with van der Waals surface area (Å²) in [4.78, 5) is 25.4. The number of nitrogens with zero attached hydrogens (tertiary/aromatic N) is 3. The fourth-order valence-electron chi connectivity index (χ4n) is 2.35. The number of hydrogen-bond donors (Lipinski definition) is 2. The second-order valence-electron chi connectivity index (χ2n) is 6.24. The highest BCUT2D eigenvalue weighted by molar-refractivity contribution is 5.99. The van der Waals surface area contributed by atoms with Crippen LogP contribution < -0.4 is 15.4 Å². The van der Waals surface area contributed by atoms with E-state index in [2.05, 4.69) is 15.7 Å². The highest BCUT2D eigenvalue weighted by atomic mass is 16.5. The van der Waals surface area contributed by atoms with Crippen LogP contribution in [-0.4, -0.2) is 40.7 Å². The number of aromatic nitrogens is 2. The second kappa shape index (κ2) is 8.72. The number of likely N-dealkylation sites (N-methyl/N-ethyl adjacent to an activating group) is 1. The van der Waals surface area contributed by atoms with Crippen molar-refractivity contribution in [3.8, 4) is 11.5 Å². The maximum Gasteiger partial charge on any atom is 0.323 e. The zero-order chi connectivity index (χ0) is 19.9. The largest absolute Gasteiger partial charge is 0.457 e. The molecule has 0 saturated heterocycles. The smallest absolute Gasteiger partial charge is 0.323 e. The standard InChI is InChI=1S/C20H21N5O3/c1-24(2)19(26)14-25-13-16(12-21-25)23-20(27)22-15-7-6-10-18(11-15)28-17-8-4-3-5-9-17/h3-13H,14H2,1-2H3,(H2,22,23,27). The van der Waals surface area contributed by atoms with E-state index >= 15 is 0 Å². The van der Waals surface area contributed by atoms with Crippen molar-refractivity contribution >= 4 is 23.3 Å². The Bertz CT molecular complexity index is 953. The van der Waals surface area contributed by atoms with Gasteiger partial charge in [0.05, 0.1) is 11.9 Å². The van der Waals surface area contributed by atoms with Crippen LogP contribution in [0.5, 0.6) is 11.5 Å². The Kier molecular flexibility index (Phi) is 5.91. The molecule has 0 atom stereocenters. The van der Waals surface area contributed by atoms with Crippen molar-refractivity contribution in [3.05, 3.63) is 67.0 Å². The number of benzene rings is 2. The Morgan fingerprint density at radius 3 is 2.46 bits per heavy atom. The number of amides is 3. The second-order valence-corrected chi connectivity index (χ2v) is 6.24. The van der Waals surface area contributed by atoms with E-state index in [1.807, 2.05) is 36.4 Å². The molecule has 2 N–H and O–H groups in total. The first-order valence-electron chi connectivity index (χ1n) is 8.63. The Balaban J connectivity index is 1.57. The van der Waals surface area contributed by atoms with Crippen molar-refractivity contribution in [2.45, 2.75) is 6.54 Å². The normalized spacial score (nSPS) is 10.2. The maximum absolute atomic E-state index is 12.2. The van der Waals surface area contributed by atoms with Gasteiger partial charge in [0.15, 0.2) is 0 Å². The van der Waals surface area contributed by atoms with E-state index < -0.39 is 6.03 Å². The molecule has 28 heavy (non-hydrogen) atoms. The molecule has 1 aromatic heterocycles. The van der Waals surface area contributed by atoms with Crippen LogP contribution in [0.15, 0.2) is 67.0 Å². The summed E-state index contributed by atoms with van der Waals surface area (Å²) in [7, 11) is 3.35. The molecule has 8 nitrogen and oxygen atoms in total. The zero-order valence-electron chi connectivity index (χ0n) is 15.6. The number of carbonyl (C=O) groups is 2. The van der Waals surface area contributed by atoms with Gasteiger partial charge in [-0.15, -0.1) is 0 Å². The molecule has 0 aliphatic carbocycles. The Labute approximate surface area is 162 Å². The van der Waals surface area contributed by atoms with Gasteiger partial charge in [0.1, 0.15) is 18.0 Å². The molecule has 3 aromatic rings. The predicted molar refractivity (Wildman–Crippen MR) is 107 cm³/mol. The maximum atomic E-state index is 12.2. The number of rotatable bonds is 6. The van der Waals surface area contributed by atoms with Crippen LogP contribution in [0.3, 0.4) is 0 Å². The van der Waals surface area contributed by atoms with Crippen molar-refractivity contribution in [3.63, 3.8) is 0 Å². The summed E-state index contributed by atoms with van der Waals surface area (Å²) in [6, 6.07) is 16.1. The Hall–Kier alpha value is -3.81. The first-order valence-corrected chi connectivity index (χ1v) is 8.63. The average molecular weight is 379 g/mol. The number of para-hydroxylation sites is 1. The van der Waals surface area contributed by atoms with Crippen LogP contribution in [0.1, 0.15) is 0 Å². The van der Waals surface area contributed by atoms with Crippen molar-refractivity contribution in [1.29, 1.82) is 0 Å². The number of urea groups is 1. The molecule has 3 rings (SSSR count). The van der Waals surface area contributed by atoms with E-state index in [9.17, 15) is 9.59 Å². The van der Waals surface area contributed by atoms with Crippen molar-refractivity contribution in [2.24, 2.45) is 0 Å². The summed E-state index contributed by atoms with van der Waals surface area (Å²) in [6.45, 7) is 0.106. The van der Waals surface area contributed by atoms with E-state index in [0.29, 0.717) is 22.9 Å². The van der Waals surface area contributed by atoms with Crippen molar-refractivity contribution < 1.29 is 14.3 Å². The molecule has 2 aromatic carbocycles. The quantitative estimate of drug-likeness (QED) is 0.687. The number of ether oxygens (including phenoxy) is 1. The van der Waals surface area contributed by atoms with Gasteiger partial charge in [0, 0.05) is 32.0 Å². The number of nitrogens with one attached hydrogen (secondary N) is 2. The van der Waals surface area contributed by atoms with Crippen LogP contribution in [0.2, 0.25) is 0 Å². The molecule has 0 saturated carbocycles. The van der Waals surface area contributed by atoms with E-state index in [4.69, 9.17) is 4.74 Å². The topological polar surface area (TPSA) is 88.5 Å². The Morgan fingerprint density at radius 2 is 1.71 bits per heavy atom. The predicted octanol–water partition coefficient (Wildman–Crippen LogP) is 3.41. The number of hydrogen-bond acceptors (Lipinski definition) is 4. The molecule has 0 radical (unpaired) electrons. The third kappa shape index (κ3) is 5.34. The van der Waals surface area contributed by atoms with Gasteiger partial charge in [-0.25, -0.2) is 4.79 Å². The Morgan fingerprint density at radius 1 is 1.00 bits per heavy atom.